The van der Waals surface area contributed by atoms with Gasteiger partial charge in [0, 0.05) is 43.5 Å². The number of urea groups is 1. The topological polar surface area (TPSA) is 81.8 Å². The van der Waals surface area contributed by atoms with Crippen molar-refractivity contribution in [3.63, 3.8) is 0 Å². The van der Waals surface area contributed by atoms with Crippen molar-refractivity contribution in [1.29, 1.82) is 0 Å². The van der Waals surface area contributed by atoms with E-state index in [2.05, 4.69) is 10.6 Å². The highest BCUT2D eigenvalue weighted by Crippen LogP contribution is 2.20. The zero-order valence-electron chi connectivity index (χ0n) is 15.4. The van der Waals surface area contributed by atoms with Gasteiger partial charge in [-0.1, -0.05) is 0 Å². The van der Waals surface area contributed by atoms with E-state index in [9.17, 15) is 14.4 Å². The van der Waals surface area contributed by atoms with Crippen molar-refractivity contribution in [3.05, 3.63) is 29.3 Å². The van der Waals surface area contributed by atoms with Gasteiger partial charge >= 0.3 is 6.03 Å². The summed E-state index contributed by atoms with van der Waals surface area (Å²) in [5, 5.41) is 5.99. The number of amides is 3. The molecule has 2 aliphatic heterocycles. The Bertz CT molecular complexity index is 719. The Kier molecular flexibility index (Phi) is 5.56. The van der Waals surface area contributed by atoms with Crippen molar-refractivity contribution >= 4 is 23.4 Å². The van der Waals surface area contributed by atoms with Gasteiger partial charge in [-0.15, -0.1) is 0 Å². The second kappa shape index (κ2) is 7.86. The lowest BCUT2D eigenvalue weighted by molar-refractivity contribution is -0.135. The normalized spacial score (nSPS) is 20.8. The van der Waals surface area contributed by atoms with E-state index in [0.29, 0.717) is 37.4 Å². The fraction of sp³-hybridized carbons (Fsp3) is 0.526. The number of carbonyl (C=O) groups is 3. The van der Waals surface area contributed by atoms with E-state index < -0.39 is 0 Å². The molecule has 2 aliphatic rings. The minimum absolute atomic E-state index is 0.0138. The van der Waals surface area contributed by atoms with Crippen molar-refractivity contribution in [2.45, 2.75) is 32.7 Å². The number of hydrogen-bond acceptors (Lipinski definition) is 4. The van der Waals surface area contributed by atoms with E-state index in [0.717, 1.165) is 24.9 Å². The van der Waals surface area contributed by atoms with Gasteiger partial charge in [-0.05, 0) is 50.5 Å². The maximum absolute atomic E-state index is 12.6. The van der Waals surface area contributed by atoms with Gasteiger partial charge in [0.15, 0.2) is 5.78 Å². The molecular formula is C19H26N4O3. The van der Waals surface area contributed by atoms with Crippen LogP contribution in [0.1, 0.15) is 35.7 Å². The van der Waals surface area contributed by atoms with Crippen LogP contribution in [0, 0.1) is 6.92 Å². The molecule has 0 spiro atoms. The number of rotatable bonds is 3. The third-order valence-corrected chi connectivity index (χ3v) is 5.11. The van der Waals surface area contributed by atoms with E-state index in [1.54, 1.807) is 17.0 Å². The predicted octanol–water partition coefficient (Wildman–Crippen LogP) is 1.63. The van der Waals surface area contributed by atoms with Gasteiger partial charge in [0.1, 0.15) is 0 Å². The molecule has 2 fully saturated rings. The van der Waals surface area contributed by atoms with Crippen LogP contribution in [-0.2, 0) is 4.79 Å². The standard InChI is InChI=1S/C19H26N4O3/c1-13-10-15(5-6-17(13)14(2)24)21-19(26)22-8-3-4-16(12-22)23-9-7-20-11-18(23)25/h5-6,10,16,20H,3-4,7-9,11-12H2,1-2H3,(H,21,26). The Labute approximate surface area is 153 Å². The molecule has 2 N–H and O–H groups in total. The molecule has 7 nitrogen and oxygen atoms in total. The molecule has 1 aromatic carbocycles. The fourth-order valence-electron chi connectivity index (χ4n) is 3.74. The Balaban J connectivity index is 1.63. The van der Waals surface area contributed by atoms with Crippen LogP contribution in [0.3, 0.4) is 0 Å². The molecule has 0 bridgehead atoms. The van der Waals surface area contributed by atoms with E-state index in [4.69, 9.17) is 0 Å². The largest absolute Gasteiger partial charge is 0.336 e. The van der Waals surface area contributed by atoms with Crippen LogP contribution in [-0.4, -0.2) is 66.3 Å². The molecule has 26 heavy (non-hydrogen) atoms. The van der Waals surface area contributed by atoms with Crippen LogP contribution >= 0.6 is 0 Å². The van der Waals surface area contributed by atoms with E-state index in [1.807, 2.05) is 17.9 Å². The minimum atomic E-state index is -0.160. The molecule has 3 rings (SSSR count). The van der Waals surface area contributed by atoms with E-state index in [-0.39, 0.29) is 23.8 Å². The van der Waals surface area contributed by atoms with Crippen LogP contribution in [0.15, 0.2) is 18.2 Å². The molecule has 3 amide bonds. The summed E-state index contributed by atoms with van der Waals surface area (Å²) >= 11 is 0. The average molecular weight is 358 g/mol. The first kappa shape index (κ1) is 18.4. The summed E-state index contributed by atoms with van der Waals surface area (Å²) in [6, 6.07) is 5.24. The maximum atomic E-state index is 12.6. The number of ketones is 1. The van der Waals surface area contributed by atoms with Gasteiger partial charge in [0.2, 0.25) is 5.91 Å². The summed E-state index contributed by atoms with van der Waals surface area (Å²) in [6.45, 7) is 6.52. The van der Waals surface area contributed by atoms with Crippen LogP contribution in [0.2, 0.25) is 0 Å². The second-order valence-corrected chi connectivity index (χ2v) is 7.02. The summed E-state index contributed by atoms with van der Waals surface area (Å²) in [5.74, 6) is 0.124. The number of piperidine rings is 1. The van der Waals surface area contributed by atoms with E-state index in [1.165, 1.54) is 6.92 Å². The Morgan fingerprint density at radius 2 is 2.08 bits per heavy atom. The minimum Gasteiger partial charge on any atom is -0.336 e. The highest BCUT2D eigenvalue weighted by molar-refractivity contribution is 5.97. The summed E-state index contributed by atoms with van der Waals surface area (Å²) in [5.41, 5.74) is 2.19. The zero-order chi connectivity index (χ0) is 18.7. The molecule has 1 unspecified atom stereocenters. The summed E-state index contributed by atoms with van der Waals surface area (Å²) < 4.78 is 0. The van der Waals surface area contributed by atoms with Crippen LogP contribution in [0.5, 0.6) is 0 Å². The quantitative estimate of drug-likeness (QED) is 0.805. The molecule has 1 atom stereocenters. The molecule has 2 heterocycles. The van der Waals surface area contributed by atoms with Crippen molar-refractivity contribution in [1.82, 2.24) is 15.1 Å². The summed E-state index contributed by atoms with van der Waals surface area (Å²) in [7, 11) is 0. The molecule has 0 saturated carbocycles. The monoisotopic (exact) mass is 358 g/mol. The van der Waals surface area contributed by atoms with Crippen molar-refractivity contribution in [2.75, 3.05) is 38.0 Å². The number of carbonyl (C=O) groups excluding carboxylic acids is 3. The zero-order valence-corrected chi connectivity index (χ0v) is 15.4. The van der Waals surface area contributed by atoms with Gasteiger partial charge in [0.25, 0.3) is 0 Å². The number of likely N-dealkylation sites (tertiary alicyclic amines) is 1. The molecule has 140 valence electrons. The van der Waals surface area contributed by atoms with Crippen molar-refractivity contribution in [3.8, 4) is 0 Å². The van der Waals surface area contributed by atoms with Crippen LogP contribution in [0.4, 0.5) is 10.5 Å². The van der Waals surface area contributed by atoms with Gasteiger partial charge in [0.05, 0.1) is 6.54 Å². The predicted molar refractivity (Wildman–Crippen MR) is 99.4 cm³/mol. The Morgan fingerprint density at radius 3 is 2.77 bits per heavy atom. The highest BCUT2D eigenvalue weighted by atomic mass is 16.2. The van der Waals surface area contributed by atoms with E-state index >= 15 is 0 Å². The number of Topliss-reactive ketones (excluding diaryl/α,β-unsaturated/α-hetero) is 1. The smallest absolute Gasteiger partial charge is 0.321 e. The number of benzene rings is 1. The first-order valence-electron chi connectivity index (χ1n) is 9.13. The lowest BCUT2D eigenvalue weighted by Gasteiger charge is -2.41. The number of piperazine rings is 1. The molecule has 2 saturated heterocycles. The summed E-state index contributed by atoms with van der Waals surface area (Å²) in [6.07, 6.45) is 1.82. The van der Waals surface area contributed by atoms with Crippen LogP contribution < -0.4 is 10.6 Å². The summed E-state index contributed by atoms with van der Waals surface area (Å²) in [4.78, 5) is 39.9. The first-order chi connectivity index (χ1) is 12.5. The molecule has 0 aromatic heterocycles. The number of anilines is 1. The van der Waals surface area contributed by atoms with Gasteiger partial charge in [-0.3, -0.25) is 9.59 Å². The lowest BCUT2D eigenvalue weighted by Crippen LogP contribution is -2.57. The molecule has 0 radical (unpaired) electrons. The number of aryl methyl sites for hydroxylation is 1. The van der Waals surface area contributed by atoms with Crippen molar-refractivity contribution < 1.29 is 14.4 Å². The van der Waals surface area contributed by atoms with Gasteiger partial charge in [-0.2, -0.15) is 0 Å². The van der Waals surface area contributed by atoms with Gasteiger partial charge in [-0.25, -0.2) is 4.79 Å². The van der Waals surface area contributed by atoms with Crippen LogP contribution in [0.25, 0.3) is 0 Å². The number of hydrogen-bond donors (Lipinski definition) is 2. The molecular weight excluding hydrogens is 332 g/mol. The Hall–Kier alpha value is -2.41. The average Bonchev–Trinajstić information content (AvgIpc) is 2.62. The van der Waals surface area contributed by atoms with Crippen molar-refractivity contribution in [2.24, 2.45) is 0 Å². The lowest BCUT2D eigenvalue weighted by atomic mass is 10.0. The fourth-order valence-corrected chi connectivity index (χ4v) is 3.74. The van der Waals surface area contributed by atoms with Gasteiger partial charge < -0.3 is 20.4 Å². The number of nitrogens with zero attached hydrogens (tertiary/aromatic N) is 2. The maximum Gasteiger partial charge on any atom is 0.321 e. The molecule has 0 aliphatic carbocycles. The Morgan fingerprint density at radius 1 is 1.27 bits per heavy atom. The third-order valence-electron chi connectivity index (χ3n) is 5.11. The molecule has 7 heteroatoms. The third kappa shape index (κ3) is 4.04. The highest BCUT2D eigenvalue weighted by Gasteiger charge is 2.31. The number of nitrogens with one attached hydrogen (secondary N) is 2. The second-order valence-electron chi connectivity index (χ2n) is 7.02. The molecule has 1 aromatic rings. The first-order valence-corrected chi connectivity index (χ1v) is 9.13. The SMILES string of the molecule is CC(=O)c1ccc(NC(=O)N2CCCC(N3CCNCC3=O)C2)cc1C.